The van der Waals surface area contributed by atoms with Crippen LogP contribution in [0.1, 0.15) is 40.0 Å². The van der Waals surface area contributed by atoms with Crippen molar-refractivity contribution < 1.29 is 4.79 Å². The molecule has 23 heavy (non-hydrogen) atoms. The predicted molar refractivity (Wildman–Crippen MR) is 98.5 cm³/mol. The van der Waals surface area contributed by atoms with Crippen LogP contribution in [0.15, 0.2) is 40.5 Å². The third kappa shape index (κ3) is 5.81. The van der Waals surface area contributed by atoms with Gasteiger partial charge in [-0.15, -0.1) is 0 Å². The van der Waals surface area contributed by atoms with Crippen molar-refractivity contribution in [3.05, 3.63) is 40.6 Å². The molecule has 0 atom stereocenters. The standard InChI is InChI=1S/C16H20ClN3O.C2H6/c1-2-4-15(21)16(18)13-7-8-19-10-14(13)20-12-6-3-5-11(17)9-12;1-2/h3,5-6,9,19H,2,4,7-8,10,18H2,1H3;1-2H3/b16-13-,20-14?;. The quantitative estimate of drug-likeness (QED) is 0.817. The summed E-state index contributed by atoms with van der Waals surface area (Å²) < 4.78 is 0. The van der Waals surface area contributed by atoms with Gasteiger partial charge >= 0.3 is 0 Å². The first-order valence-corrected chi connectivity index (χ1v) is 8.55. The number of carbonyl (C=O) groups excluding carboxylic acids is 1. The molecule has 0 unspecified atom stereocenters. The Hall–Kier alpha value is -1.65. The van der Waals surface area contributed by atoms with E-state index in [1.54, 1.807) is 12.1 Å². The van der Waals surface area contributed by atoms with Crippen LogP contribution in [0.3, 0.4) is 0 Å². The number of nitrogens with zero attached hydrogens (tertiary/aromatic N) is 1. The molecular formula is C18H26ClN3O. The number of benzene rings is 1. The van der Waals surface area contributed by atoms with Gasteiger partial charge in [-0.1, -0.05) is 38.4 Å². The van der Waals surface area contributed by atoms with E-state index < -0.39 is 0 Å². The minimum absolute atomic E-state index is 0.00759. The fourth-order valence-corrected chi connectivity index (χ4v) is 2.48. The Morgan fingerprint density at radius 1 is 1.39 bits per heavy atom. The third-order valence-electron chi connectivity index (χ3n) is 3.37. The van der Waals surface area contributed by atoms with E-state index in [0.717, 1.165) is 36.4 Å². The molecule has 0 bridgehead atoms. The monoisotopic (exact) mass is 335 g/mol. The fraction of sp³-hybridized carbons (Fsp3) is 0.444. The van der Waals surface area contributed by atoms with Crippen molar-refractivity contribution in [1.29, 1.82) is 0 Å². The molecule has 1 fully saturated rings. The van der Waals surface area contributed by atoms with Crippen molar-refractivity contribution in [2.75, 3.05) is 13.1 Å². The number of Topliss-reactive ketones (excluding diaryl/α,β-unsaturated/α-hetero) is 1. The maximum Gasteiger partial charge on any atom is 0.178 e. The Kier molecular flexibility index (Phi) is 8.59. The molecule has 1 aliphatic heterocycles. The second-order valence-corrected chi connectivity index (χ2v) is 5.47. The van der Waals surface area contributed by atoms with Crippen molar-refractivity contribution in [1.82, 2.24) is 5.32 Å². The van der Waals surface area contributed by atoms with Gasteiger partial charge in [0.2, 0.25) is 0 Å². The van der Waals surface area contributed by atoms with Gasteiger partial charge in [-0.2, -0.15) is 0 Å². The molecule has 0 aromatic heterocycles. The highest BCUT2D eigenvalue weighted by Gasteiger charge is 2.19. The van der Waals surface area contributed by atoms with Crippen LogP contribution >= 0.6 is 11.6 Å². The highest BCUT2D eigenvalue weighted by atomic mass is 35.5. The van der Waals surface area contributed by atoms with E-state index in [0.29, 0.717) is 23.7 Å². The zero-order chi connectivity index (χ0) is 17.2. The number of carbonyl (C=O) groups is 1. The molecule has 0 spiro atoms. The van der Waals surface area contributed by atoms with Gasteiger partial charge in [0, 0.05) is 23.6 Å². The number of aliphatic imine (C=N–C) groups is 1. The lowest BCUT2D eigenvalue weighted by Gasteiger charge is -2.20. The van der Waals surface area contributed by atoms with E-state index >= 15 is 0 Å². The van der Waals surface area contributed by atoms with Crippen LogP contribution < -0.4 is 11.1 Å². The first-order valence-electron chi connectivity index (χ1n) is 8.18. The molecular weight excluding hydrogens is 310 g/mol. The minimum atomic E-state index is 0.00759. The summed E-state index contributed by atoms with van der Waals surface area (Å²) in [6.45, 7) is 7.39. The summed E-state index contributed by atoms with van der Waals surface area (Å²) in [5.41, 5.74) is 8.87. The lowest BCUT2D eigenvalue weighted by molar-refractivity contribution is -0.115. The Labute approximate surface area is 143 Å². The van der Waals surface area contributed by atoms with Gasteiger partial charge in [0.15, 0.2) is 5.78 Å². The number of rotatable bonds is 4. The molecule has 126 valence electrons. The van der Waals surface area contributed by atoms with Gasteiger partial charge < -0.3 is 11.1 Å². The van der Waals surface area contributed by atoms with Crippen molar-refractivity contribution in [2.24, 2.45) is 10.7 Å². The number of ketones is 1. The molecule has 0 aliphatic carbocycles. The summed E-state index contributed by atoms with van der Waals surface area (Å²) in [5.74, 6) is 0.00759. The number of piperidine rings is 1. The largest absolute Gasteiger partial charge is 0.396 e. The lowest BCUT2D eigenvalue weighted by atomic mass is 9.97. The predicted octanol–water partition coefficient (Wildman–Crippen LogP) is 4.01. The van der Waals surface area contributed by atoms with Crippen LogP contribution in [0.5, 0.6) is 0 Å². The summed E-state index contributed by atoms with van der Waals surface area (Å²) >= 11 is 5.98. The van der Waals surface area contributed by atoms with Gasteiger partial charge in [-0.25, -0.2) is 0 Å². The van der Waals surface area contributed by atoms with E-state index in [1.165, 1.54) is 0 Å². The van der Waals surface area contributed by atoms with E-state index in [1.807, 2.05) is 32.9 Å². The lowest BCUT2D eigenvalue weighted by Crippen LogP contribution is -2.34. The maximum absolute atomic E-state index is 12.0. The summed E-state index contributed by atoms with van der Waals surface area (Å²) in [4.78, 5) is 16.6. The number of hydrogen-bond acceptors (Lipinski definition) is 4. The maximum atomic E-state index is 12.0. The average molecular weight is 336 g/mol. The Balaban J connectivity index is 0.00000127. The van der Waals surface area contributed by atoms with Crippen LogP contribution in [-0.2, 0) is 4.79 Å². The second kappa shape index (κ2) is 10.2. The van der Waals surface area contributed by atoms with E-state index in [4.69, 9.17) is 17.3 Å². The minimum Gasteiger partial charge on any atom is -0.396 e. The number of allylic oxidation sites excluding steroid dienone is 1. The average Bonchev–Trinajstić information content (AvgIpc) is 2.57. The van der Waals surface area contributed by atoms with E-state index in [9.17, 15) is 4.79 Å². The zero-order valence-corrected chi connectivity index (χ0v) is 14.9. The van der Waals surface area contributed by atoms with Crippen molar-refractivity contribution in [3.8, 4) is 0 Å². The van der Waals surface area contributed by atoms with Crippen LogP contribution in [0, 0.1) is 0 Å². The zero-order valence-electron chi connectivity index (χ0n) is 14.2. The Morgan fingerprint density at radius 2 is 2.13 bits per heavy atom. The van der Waals surface area contributed by atoms with Crippen molar-refractivity contribution in [3.63, 3.8) is 0 Å². The van der Waals surface area contributed by atoms with Crippen molar-refractivity contribution in [2.45, 2.75) is 40.0 Å². The number of nitrogens with two attached hydrogens (primary N) is 1. The first-order chi connectivity index (χ1) is 11.1. The highest BCUT2D eigenvalue weighted by Crippen LogP contribution is 2.21. The van der Waals surface area contributed by atoms with Gasteiger partial charge in [0.1, 0.15) is 0 Å². The normalized spacial score (nSPS) is 18.2. The van der Waals surface area contributed by atoms with Gasteiger partial charge in [0.05, 0.1) is 17.1 Å². The van der Waals surface area contributed by atoms with Crippen LogP contribution in [0.25, 0.3) is 0 Å². The molecule has 1 aromatic rings. The number of nitrogens with one attached hydrogen (secondary N) is 1. The van der Waals surface area contributed by atoms with Gasteiger partial charge in [0.25, 0.3) is 0 Å². The first kappa shape index (κ1) is 19.4. The molecule has 0 saturated carbocycles. The highest BCUT2D eigenvalue weighted by molar-refractivity contribution is 6.30. The molecule has 1 heterocycles. The Bertz CT molecular complexity index is 594. The molecule has 0 radical (unpaired) electrons. The molecule has 1 aliphatic rings. The number of hydrogen-bond donors (Lipinski definition) is 2. The number of halogens is 1. The molecule has 5 heteroatoms. The molecule has 1 aromatic carbocycles. The van der Waals surface area contributed by atoms with Gasteiger partial charge in [-0.05, 0) is 37.6 Å². The smallest absolute Gasteiger partial charge is 0.178 e. The molecule has 3 N–H and O–H groups in total. The summed E-state index contributed by atoms with van der Waals surface area (Å²) in [6.07, 6.45) is 2.00. The molecule has 2 rings (SSSR count). The van der Waals surface area contributed by atoms with Crippen molar-refractivity contribution >= 4 is 28.8 Å². The molecule has 4 nitrogen and oxygen atoms in total. The van der Waals surface area contributed by atoms with Crippen LogP contribution in [0.4, 0.5) is 5.69 Å². The summed E-state index contributed by atoms with van der Waals surface area (Å²) in [6, 6.07) is 7.34. The van der Waals surface area contributed by atoms with E-state index in [-0.39, 0.29) is 5.78 Å². The third-order valence-corrected chi connectivity index (χ3v) is 3.60. The second-order valence-electron chi connectivity index (χ2n) is 5.03. The molecule has 0 amide bonds. The van der Waals surface area contributed by atoms with Crippen LogP contribution in [0.2, 0.25) is 5.02 Å². The molecule has 1 saturated heterocycles. The summed E-state index contributed by atoms with van der Waals surface area (Å²) in [5, 5.41) is 3.90. The topological polar surface area (TPSA) is 67.5 Å². The van der Waals surface area contributed by atoms with E-state index in [2.05, 4.69) is 10.3 Å². The fourth-order valence-electron chi connectivity index (χ4n) is 2.30. The van der Waals surface area contributed by atoms with Crippen LogP contribution in [-0.4, -0.2) is 24.6 Å². The Morgan fingerprint density at radius 3 is 2.78 bits per heavy atom. The summed E-state index contributed by atoms with van der Waals surface area (Å²) in [7, 11) is 0. The SMILES string of the molecule is CC.CCCC(=O)/C(N)=C1\CCNCC1=Nc1cccc(Cl)c1. The van der Waals surface area contributed by atoms with Gasteiger partial charge in [-0.3, -0.25) is 9.79 Å².